The molecule has 5 aromatic carbocycles. The van der Waals surface area contributed by atoms with Gasteiger partial charge in [0.15, 0.2) is 22.8 Å². The minimum atomic E-state index is -1.82. The Kier molecular flexibility index (Phi) is 7.09. The van der Waals surface area contributed by atoms with Crippen LogP contribution < -0.4 is 14.3 Å². The van der Waals surface area contributed by atoms with Crippen LogP contribution in [0.4, 0.5) is 0 Å². The Balaban J connectivity index is 1.49. The lowest BCUT2D eigenvalue weighted by Crippen LogP contribution is -2.72. The Labute approximate surface area is 325 Å². The largest absolute Gasteiger partial charge is 0.455 e. The maximum Gasteiger partial charge on any atom is 0.364 e. The highest BCUT2D eigenvalue weighted by Crippen LogP contribution is 2.53. The van der Waals surface area contributed by atoms with Crippen molar-refractivity contribution in [1.29, 1.82) is 0 Å². The number of rotatable bonds is 4. The first-order valence-electron chi connectivity index (χ1n) is 20.1. The van der Waals surface area contributed by atoms with Gasteiger partial charge in [-0.1, -0.05) is 123 Å². The van der Waals surface area contributed by atoms with Crippen LogP contribution in [0.2, 0.25) is 19.6 Å². The van der Waals surface area contributed by atoms with Crippen molar-refractivity contribution >= 4 is 46.2 Å². The standard InChI is InChI=1S/C50H51N3OSi/c1-30(2)32-23-24-35-39(27-32)50(51-29-45(55(8,9)10)36(31(3)4)28-43(35)51)38-26-25-34-33-17-11-16-22-44(33)54-47(34)46(38)48-52(41-20-14-15-21-42(41)53(48)50)40-19-13-12-18-37(40)49(5,6)7/h11-31H,1-10H3/q+2. The molecule has 0 saturated heterocycles. The van der Waals surface area contributed by atoms with E-state index in [0.717, 1.165) is 33.3 Å². The van der Waals surface area contributed by atoms with Crippen molar-refractivity contribution in [2.75, 3.05) is 0 Å². The Morgan fingerprint density at radius 1 is 0.727 bits per heavy atom. The minimum absolute atomic E-state index is 0.0863. The van der Waals surface area contributed by atoms with E-state index in [1.807, 2.05) is 0 Å². The third-order valence-corrected chi connectivity index (χ3v) is 14.5. The molecule has 8 aromatic rings. The first-order chi connectivity index (χ1) is 26.2. The van der Waals surface area contributed by atoms with Crippen LogP contribution in [0.3, 0.4) is 0 Å². The second-order valence-corrected chi connectivity index (χ2v) is 23.7. The molecule has 0 radical (unpaired) electrons. The fourth-order valence-electron chi connectivity index (χ4n) is 9.90. The number of hydrogen-bond donors (Lipinski definition) is 0. The van der Waals surface area contributed by atoms with E-state index in [1.165, 1.54) is 61.0 Å². The van der Waals surface area contributed by atoms with Gasteiger partial charge < -0.3 is 4.42 Å². The van der Waals surface area contributed by atoms with Crippen molar-refractivity contribution in [3.05, 3.63) is 143 Å². The Bertz CT molecular complexity index is 2910. The van der Waals surface area contributed by atoms with E-state index >= 15 is 0 Å². The molecule has 2 aliphatic rings. The maximum atomic E-state index is 7.08. The van der Waals surface area contributed by atoms with Gasteiger partial charge in [0.25, 0.3) is 0 Å². The molecule has 0 bridgehead atoms. The molecule has 10 rings (SSSR count). The summed E-state index contributed by atoms with van der Waals surface area (Å²) in [6, 6.07) is 41.2. The van der Waals surface area contributed by atoms with E-state index in [-0.39, 0.29) is 5.41 Å². The molecular formula is C50H51N3OSi+2. The molecule has 1 spiro atoms. The van der Waals surface area contributed by atoms with Gasteiger partial charge in [-0.15, -0.1) is 9.13 Å². The zero-order chi connectivity index (χ0) is 38.3. The lowest BCUT2D eigenvalue weighted by atomic mass is 9.85. The Morgan fingerprint density at radius 2 is 1.45 bits per heavy atom. The van der Waals surface area contributed by atoms with Crippen molar-refractivity contribution in [3.8, 4) is 28.3 Å². The number of hydrogen-bond acceptors (Lipinski definition) is 1. The summed E-state index contributed by atoms with van der Waals surface area (Å²) in [4.78, 5) is 0. The van der Waals surface area contributed by atoms with Gasteiger partial charge in [0.2, 0.25) is 5.69 Å². The zero-order valence-corrected chi connectivity index (χ0v) is 34.9. The molecule has 3 aromatic heterocycles. The number of para-hydroxylation sites is 4. The van der Waals surface area contributed by atoms with Gasteiger partial charge in [-0.3, -0.25) is 0 Å². The van der Waals surface area contributed by atoms with Gasteiger partial charge in [-0.2, -0.15) is 4.57 Å². The van der Waals surface area contributed by atoms with Crippen molar-refractivity contribution in [3.63, 3.8) is 0 Å². The molecule has 5 heteroatoms. The monoisotopic (exact) mass is 737 g/mol. The molecule has 0 N–H and O–H groups in total. The van der Waals surface area contributed by atoms with Crippen LogP contribution in [0.1, 0.15) is 88.1 Å². The van der Waals surface area contributed by atoms with E-state index in [2.05, 4.69) is 197 Å². The third-order valence-electron chi connectivity index (χ3n) is 12.5. The smallest absolute Gasteiger partial charge is 0.364 e. The Hall–Kier alpha value is -5.26. The summed E-state index contributed by atoms with van der Waals surface area (Å²) >= 11 is 0. The van der Waals surface area contributed by atoms with Crippen LogP contribution in [0, 0.1) is 0 Å². The molecule has 1 atom stereocenters. The number of pyridine rings is 1. The quantitative estimate of drug-likeness (QED) is 0.130. The second-order valence-electron chi connectivity index (χ2n) is 18.6. The molecule has 0 aliphatic carbocycles. The van der Waals surface area contributed by atoms with E-state index in [4.69, 9.17) is 4.42 Å². The summed E-state index contributed by atoms with van der Waals surface area (Å²) in [5.41, 5.74) is 15.1. The summed E-state index contributed by atoms with van der Waals surface area (Å²) in [7, 11) is -1.82. The molecule has 4 nitrogen and oxygen atoms in total. The predicted octanol–water partition coefficient (Wildman–Crippen LogP) is 11.5. The maximum absolute atomic E-state index is 7.08. The van der Waals surface area contributed by atoms with E-state index in [9.17, 15) is 0 Å². The number of furan rings is 1. The van der Waals surface area contributed by atoms with Gasteiger partial charge in [0.1, 0.15) is 16.8 Å². The molecule has 55 heavy (non-hydrogen) atoms. The highest BCUT2D eigenvalue weighted by Gasteiger charge is 2.67. The molecule has 0 amide bonds. The fraction of sp³-hybridized carbons (Fsp3) is 0.280. The summed E-state index contributed by atoms with van der Waals surface area (Å²) in [6.45, 7) is 23.8. The van der Waals surface area contributed by atoms with Gasteiger partial charge in [0.05, 0.1) is 24.8 Å². The molecule has 274 valence electrons. The lowest BCUT2D eigenvalue weighted by molar-refractivity contribution is -0.944. The summed E-state index contributed by atoms with van der Waals surface area (Å²) in [6.07, 6.45) is 2.58. The normalized spacial score (nSPS) is 16.2. The van der Waals surface area contributed by atoms with Crippen molar-refractivity contribution in [2.24, 2.45) is 0 Å². The second kappa shape index (κ2) is 11.4. The van der Waals surface area contributed by atoms with Gasteiger partial charge in [0, 0.05) is 27.6 Å². The highest BCUT2D eigenvalue weighted by atomic mass is 28.3. The van der Waals surface area contributed by atoms with Crippen LogP contribution in [0.15, 0.2) is 120 Å². The number of benzene rings is 5. The minimum Gasteiger partial charge on any atom is -0.455 e. The summed E-state index contributed by atoms with van der Waals surface area (Å²) in [5, 5.41) is 3.82. The fourth-order valence-corrected chi connectivity index (χ4v) is 11.6. The number of fused-ring (bicyclic) bond motifs is 16. The van der Waals surface area contributed by atoms with Crippen molar-refractivity contribution < 1.29 is 13.6 Å². The lowest BCUT2D eigenvalue weighted by Gasteiger charge is -2.25. The predicted molar refractivity (Wildman–Crippen MR) is 230 cm³/mol. The summed E-state index contributed by atoms with van der Waals surface area (Å²) < 4.78 is 15.0. The number of nitrogens with zero attached hydrogens (tertiary/aromatic N) is 3. The molecule has 2 aliphatic heterocycles. The highest BCUT2D eigenvalue weighted by molar-refractivity contribution is 6.89. The molecule has 1 unspecified atom stereocenters. The molecule has 5 heterocycles. The summed E-state index contributed by atoms with van der Waals surface area (Å²) in [5.74, 6) is 1.94. The number of aromatic nitrogens is 3. The molecule has 0 fully saturated rings. The van der Waals surface area contributed by atoms with E-state index in [1.54, 1.807) is 0 Å². The van der Waals surface area contributed by atoms with Gasteiger partial charge in [-0.25, -0.2) is 0 Å². The molecule has 0 saturated carbocycles. The van der Waals surface area contributed by atoms with Crippen LogP contribution in [0.5, 0.6) is 0 Å². The van der Waals surface area contributed by atoms with Crippen molar-refractivity contribution in [2.45, 2.75) is 91.0 Å². The van der Waals surface area contributed by atoms with E-state index in [0.29, 0.717) is 11.8 Å². The van der Waals surface area contributed by atoms with Crippen molar-refractivity contribution in [1.82, 2.24) is 4.57 Å². The molecular weight excluding hydrogens is 687 g/mol. The van der Waals surface area contributed by atoms with Crippen LogP contribution >= 0.6 is 0 Å². The van der Waals surface area contributed by atoms with Crippen LogP contribution in [-0.2, 0) is 11.1 Å². The van der Waals surface area contributed by atoms with Crippen LogP contribution in [-0.4, -0.2) is 12.6 Å². The first kappa shape index (κ1) is 34.2. The topological polar surface area (TPSA) is 25.8 Å². The zero-order valence-electron chi connectivity index (χ0n) is 33.9. The third kappa shape index (κ3) is 4.50. The Morgan fingerprint density at radius 3 is 2.20 bits per heavy atom. The van der Waals surface area contributed by atoms with E-state index < -0.39 is 13.7 Å². The average molecular weight is 738 g/mol. The van der Waals surface area contributed by atoms with Gasteiger partial charge >= 0.3 is 11.5 Å². The number of imidazole rings is 1. The SMILES string of the molecule is CC(C)c1ccc2c(c1)C1(c3ccc4c(oc5ccccc54)c3-c3n(-c4ccccc4C(C)(C)C)c4ccccc4[n+]31)[n+]1cc([Si](C)(C)C)c(C(C)C)cc1-2. The van der Waals surface area contributed by atoms with Gasteiger partial charge in [-0.05, 0) is 76.9 Å². The average Bonchev–Trinajstić information content (AvgIpc) is 3.86. The van der Waals surface area contributed by atoms with Crippen LogP contribution in [0.25, 0.3) is 61.3 Å². The first-order valence-corrected chi connectivity index (χ1v) is 23.6.